The second-order valence-corrected chi connectivity index (χ2v) is 16.4. The highest BCUT2D eigenvalue weighted by atomic mass is 16.5. The Morgan fingerprint density at radius 2 is 0.705 bits per heavy atom. The maximum absolute atomic E-state index is 6.70. The van der Waals surface area contributed by atoms with E-state index in [1.807, 2.05) is 0 Å². The van der Waals surface area contributed by atoms with Gasteiger partial charge >= 0.3 is 0 Å². The topological polar surface area (TPSA) is 29.9 Å². The Bertz CT molecular complexity index is 3250. The van der Waals surface area contributed by atoms with Gasteiger partial charge in [0.05, 0.1) is 11.0 Å². The van der Waals surface area contributed by atoms with Crippen molar-refractivity contribution >= 4 is 102 Å². The zero-order chi connectivity index (χ0) is 39.8. The Labute approximate surface area is 353 Å². The van der Waals surface area contributed by atoms with Crippen LogP contribution in [0, 0.1) is 0 Å². The summed E-state index contributed by atoms with van der Waals surface area (Å²) >= 11 is 0. The van der Waals surface area contributed by atoms with Crippen molar-refractivity contribution < 1.29 is 9.47 Å². The van der Waals surface area contributed by atoms with E-state index in [9.17, 15) is 0 Å². The van der Waals surface area contributed by atoms with Crippen molar-refractivity contribution in [2.75, 3.05) is 9.80 Å². The lowest BCUT2D eigenvalue weighted by atomic mass is 9.34. The fourth-order valence-electron chi connectivity index (χ4n) is 10.8. The molecule has 0 saturated carbocycles. The fourth-order valence-corrected chi connectivity index (χ4v) is 10.8. The zero-order valence-corrected chi connectivity index (χ0v) is 32.9. The van der Waals surface area contributed by atoms with Crippen molar-refractivity contribution in [3.63, 3.8) is 0 Å². The van der Waals surface area contributed by atoms with E-state index in [1.165, 1.54) is 43.5 Å². The van der Waals surface area contributed by atoms with Crippen LogP contribution in [0.15, 0.2) is 200 Å². The molecule has 1 aromatic heterocycles. The van der Waals surface area contributed by atoms with Gasteiger partial charge < -0.3 is 23.8 Å². The molecule has 61 heavy (non-hydrogen) atoms. The van der Waals surface area contributed by atoms with Crippen molar-refractivity contribution in [2.24, 2.45) is 0 Å². The Morgan fingerprint density at radius 1 is 0.311 bits per heavy atom. The molecule has 4 aliphatic rings. The van der Waals surface area contributed by atoms with E-state index in [-0.39, 0.29) is 13.4 Å². The number of fused-ring (bicyclic) bond motifs is 11. The summed E-state index contributed by atoms with van der Waals surface area (Å²) in [5.41, 5.74) is 17.5. The van der Waals surface area contributed by atoms with Crippen LogP contribution >= 0.6 is 0 Å². The molecule has 9 aromatic carbocycles. The summed E-state index contributed by atoms with van der Waals surface area (Å²) in [7, 11) is 0. The maximum Gasteiger partial charge on any atom is 0.256 e. The molecule has 0 spiro atoms. The van der Waals surface area contributed by atoms with Gasteiger partial charge in [-0.15, -0.1) is 0 Å². The van der Waals surface area contributed by atoms with Crippen LogP contribution in [0.3, 0.4) is 0 Å². The number of aromatic nitrogens is 1. The minimum absolute atomic E-state index is 0.0198. The highest BCUT2D eigenvalue weighted by Gasteiger charge is 2.44. The van der Waals surface area contributed by atoms with Crippen LogP contribution in [-0.4, -0.2) is 18.0 Å². The standard InChI is InChI=1S/C54H33B2N3O2/c1-4-16-34(17-5-1)57-43-24-14-28-51-53(43)55(39-22-10-12-26-49(39)60-51)41-30-37-38-31-42-48(33-46(38)59(45(37)32-47(41)57)36-20-8-3-9-21-36)58(35-18-6-2-7-19-35)44-25-15-29-52-54(44)56(42)40-23-11-13-27-50(40)61-52/h1-33H. The fraction of sp³-hybridized carbons (Fsp3) is 0. The van der Waals surface area contributed by atoms with Gasteiger partial charge in [-0.3, -0.25) is 0 Å². The summed E-state index contributed by atoms with van der Waals surface area (Å²) < 4.78 is 15.9. The van der Waals surface area contributed by atoms with Crippen LogP contribution in [-0.2, 0) is 0 Å². The molecule has 7 heteroatoms. The van der Waals surface area contributed by atoms with E-state index >= 15 is 0 Å². The molecule has 0 bridgehead atoms. The molecule has 282 valence electrons. The normalized spacial score (nSPS) is 13.7. The maximum atomic E-state index is 6.70. The molecular formula is C54H33B2N3O2. The average Bonchev–Trinajstić information content (AvgIpc) is 3.62. The number of hydrogen-bond acceptors (Lipinski definition) is 4. The highest BCUT2D eigenvalue weighted by Crippen LogP contribution is 2.46. The lowest BCUT2D eigenvalue weighted by Crippen LogP contribution is -2.59. The second kappa shape index (κ2) is 12.3. The summed E-state index contributed by atoms with van der Waals surface area (Å²) in [4.78, 5) is 4.88. The van der Waals surface area contributed by atoms with Gasteiger partial charge in [0.2, 0.25) is 0 Å². The SMILES string of the molecule is c1ccc(N2c3cc4c(cc3B3c5ccccc5Oc5cccc2c53)c2cc3c(cc2n4-c2ccccc2)N(c2ccccc2)c2cccc4c2B3c2ccccc2O4)cc1. The van der Waals surface area contributed by atoms with Crippen molar-refractivity contribution in [1.82, 2.24) is 4.57 Å². The summed E-state index contributed by atoms with van der Waals surface area (Å²) in [5.74, 6) is 3.63. The molecule has 0 fully saturated rings. The van der Waals surface area contributed by atoms with Gasteiger partial charge in [0.1, 0.15) is 23.0 Å². The predicted octanol–water partition coefficient (Wildman–Crippen LogP) is 9.59. The van der Waals surface area contributed by atoms with Crippen molar-refractivity contribution in [1.29, 1.82) is 0 Å². The van der Waals surface area contributed by atoms with E-state index in [4.69, 9.17) is 9.47 Å². The van der Waals surface area contributed by atoms with Crippen LogP contribution in [0.5, 0.6) is 23.0 Å². The number of anilines is 6. The van der Waals surface area contributed by atoms with E-state index in [2.05, 4.69) is 215 Å². The van der Waals surface area contributed by atoms with E-state index in [0.29, 0.717) is 0 Å². The summed E-state index contributed by atoms with van der Waals surface area (Å²) in [6.45, 7) is -0.0396. The smallest absolute Gasteiger partial charge is 0.256 e. The quantitative estimate of drug-likeness (QED) is 0.167. The molecule has 5 heterocycles. The zero-order valence-electron chi connectivity index (χ0n) is 32.9. The van der Waals surface area contributed by atoms with Crippen LogP contribution in [0.4, 0.5) is 34.1 Å². The largest absolute Gasteiger partial charge is 0.458 e. The first-order valence-corrected chi connectivity index (χ1v) is 21.0. The number of benzene rings is 9. The van der Waals surface area contributed by atoms with Gasteiger partial charge in [0.15, 0.2) is 0 Å². The average molecular weight is 778 g/mol. The molecule has 0 saturated heterocycles. The first-order valence-electron chi connectivity index (χ1n) is 21.0. The molecule has 0 radical (unpaired) electrons. The van der Waals surface area contributed by atoms with Crippen LogP contribution < -0.4 is 52.1 Å². The molecule has 0 unspecified atom stereocenters. The Hall–Kier alpha value is -7.89. The second-order valence-electron chi connectivity index (χ2n) is 16.4. The first-order chi connectivity index (χ1) is 30.3. The highest BCUT2D eigenvalue weighted by molar-refractivity contribution is 7.00. The molecule has 0 N–H and O–H groups in total. The first kappa shape index (κ1) is 33.0. The van der Waals surface area contributed by atoms with Gasteiger partial charge in [-0.2, -0.15) is 0 Å². The predicted molar refractivity (Wildman–Crippen MR) is 252 cm³/mol. The van der Waals surface area contributed by atoms with Crippen molar-refractivity contribution in [3.05, 3.63) is 200 Å². The minimum atomic E-state index is -0.0198. The van der Waals surface area contributed by atoms with Crippen molar-refractivity contribution in [2.45, 2.75) is 0 Å². The van der Waals surface area contributed by atoms with Crippen LogP contribution in [0.2, 0.25) is 0 Å². The van der Waals surface area contributed by atoms with Gasteiger partial charge in [0, 0.05) is 50.6 Å². The Morgan fingerprint density at radius 3 is 1.16 bits per heavy atom. The monoisotopic (exact) mass is 777 g/mol. The molecular weight excluding hydrogens is 744 g/mol. The number of hydrogen-bond donors (Lipinski definition) is 0. The summed E-state index contributed by atoms with van der Waals surface area (Å²) in [6.07, 6.45) is 0. The summed E-state index contributed by atoms with van der Waals surface area (Å²) in [6, 6.07) is 72.4. The Kier molecular flexibility index (Phi) is 6.66. The summed E-state index contributed by atoms with van der Waals surface area (Å²) in [5, 5.41) is 2.42. The number of para-hydroxylation sites is 5. The van der Waals surface area contributed by atoms with E-state index in [1.54, 1.807) is 0 Å². The molecule has 10 aromatic rings. The van der Waals surface area contributed by atoms with Crippen molar-refractivity contribution in [3.8, 4) is 28.7 Å². The third-order valence-electron chi connectivity index (χ3n) is 13.3. The number of nitrogens with zero attached hydrogens (tertiary/aromatic N) is 3. The third-order valence-corrected chi connectivity index (χ3v) is 13.3. The molecule has 0 atom stereocenters. The lowest BCUT2D eigenvalue weighted by Gasteiger charge is -2.40. The molecule has 14 rings (SSSR count). The van der Waals surface area contributed by atoms with Gasteiger partial charge in [-0.25, -0.2) is 0 Å². The van der Waals surface area contributed by atoms with E-state index in [0.717, 1.165) is 73.8 Å². The molecule has 4 aliphatic heterocycles. The van der Waals surface area contributed by atoms with Gasteiger partial charge in [-0.1, -0.05) is 115 Å². The minimum Gasteiger partial charge on any atom is -0.458 e. The van der Waals surface area contributed by atoms with Gasteiger partial charge in [-0.05, 0) is 118 Å². The lowest BCUT2D eigenvalue weighted by molar-refractivity contribution is 0.487. The Balaban J connectivity index is 1.13. The number of ether oxygens (including phenoxy) is 2. The molecule has 5 nitrogen and oxygen atoms in total. The number of rotatable bonds is 3. The molecule has 0 aliphatic carbocycles. The van der Waals surface area contributed by atoms with Gasteiger partial charge in [0.25, 0.3) is 13.4 Å². The van der Waals surface area contributed by atoms with Crippen LogP contribution in [0.25, 0.3) is 27.5 Å². The molecule has 0 amide bonds. The van der Waals surface area contributed by atoms with Crippen LogP contribution in [0.1, 0.15) is 0 Å². The third kappa shape index (κ3) is 4.52. The van der Waals surface area contributed by atoms with E-state index < -0.39 is 0 Å².